The van der Waals surface area contributed by atoms with E-state index in [4.69, 9.17) is 0 Å². The van der Waals surface area contributed by atoms with E-state index in [1.807, 2.05) is 13.8 Å². The molecule has 1 aromatic carbocycles. The molecule has 0 radical (unpaired) electrons. The maximum absolute atomic E-state index is 13.3. The van der Waals surface area contributed by atoms with Gasteiger partial charge in [0, 0.05) is 12.1 Å². The van der Waals surface area contributed by atoms with Crippen LogP contribution in [0.15, 0.2) is 22.7 Å². The van der Waals surface area contributed by atoms with Crippen LogP contribution in [0.4, 0.5) is 10.2 Å². The number of aromatic nitrogens is 2. The molecular formula is C16H19BrFN3. The summed E-state index contributed by atoms with van der Waals surface area (Å²) in [6.45, 7) is 6.79. The van der Waals surface area contributed by atoms with Crippen molar-refractivity contribution in [2.75, 3.05) is 11.9 Å². The first-order valence-electron chi connectivity index (χ1n) is 7.13. The van der Waals surface area contributed by atoms with Crippen molar-refractivity contribution in [3.05, 3.63) is 39.7 Å². The largest absolute Gasteiger partial charge is 0.369 e. The van der Waals surface area contributed by atoms with Crippen LogP contribution in [-0.2, 0) is 6.42 Å². The van der Waals surface area contributed by atoms with E-state index in [0.29, 0.717) is 5.82 Å². The number of benzene rings is 1. The molecule has 1 N–H and O–H groups in total. The number of halogens is 2. The zero-order valence-corrected chi connectivity index (χ0v) is 14.1. The predicted molar refractivity (Wildman–Crippen MR) is 88.0 cm³/mol. The fourth-order valence-electron chi connectivity index (χ4n) is 2.18. The van der Waals surface area contributed by atoms with Crippen LogP contribution >= 0.6 is 15.9 Å². The van der Waals surface area contributed by atoms with Crippen LogP contribution in [0.3, 0.4) is 0 Å². The van der Waals surface area contributed by atoms with Gasteiger partial charge in [-0.25, -0.2) is 14.4 Å². The minimum absolute atomic E-state index is 0.242. The number of nitrogens with one attached hydrogen (secondary N) is 1. The third-order valence-electron chi connectivity index (χ3n) is 3.18. The topological polar surface area (TPSA) is 37.8 Å². The van der Waals surface area contributed by atoms with Gasteiger partial charge in [-0.1, -0.05) is 13.3 Å². The second-order valence-electron chi connectivity index (χ2n) is 4.90. The Morgan fingerprint density at radius 2 is 2.00 bits per heavy atom. The Hall–Kier alpha value is -1.49. The second kappa shape index (κ2) is 6.98. The molecule has 0 fully saturated rings. The molecule has 2 rings (SSSR count). The number of rotatable bonds is 5. The highest BCUT2D eigenvalue weighted by atomic mass is 79.9. The Morgan fingerprint density at radius 3 is 2.62 bits per heavy atom. The number of hydrogen-bond acceptors (Lipinski definition) is 3. The molecule has 0 aliphatic carbocycles. The molecule has 1 aromatic heterocycles. The molecule has 3 nitrogen and oxygen atoms in total. The highest BCUT2D eigenvalue weighted by Gasteiger charge is 2.14. The average molecular weight is 352 g/mol. The zero-order chi connectivity index (χ0) is 15.4. The van der Waals surface area contributed by atoms with E-state index in [1.54, 1.807) is 6.07 Å². The molecule has 0 spiro atoms. The molecule has 0 aliphatic rings. The Bertz CT molecular complexity index is 616. The molecule has 0 atom stereocenters. The number of hydrogen-bond donors (Lipinski definition) is 1. The summed E-state index contributed by atoms with van der Waals surface area (Å²) < 4.78 is 14.2. The van der Waals surface area contributed by atoms with E-state index >= 15 is 0 Å². The van der Waals surface area contributed by atoms with Crippen LogP contribution in [0.1, 0.15) is 31.5 Å². The molecule has 0 unspecified atom stereocenters. The lowest BCUT2D eigenvalue weighted by Gasteiger charge is -2.13. The van der Waals surface area contributed by atoms with E-state index in [1.165, 1.54) is 12.1 Å². The normalized spacial score (nSPS) is 10.7. The molecule has 0 bridgehead atoms. The van der Waals surface area contributed by atoms with Crippen molar-refractivity contribution in [3.63, 3.8) is 0 Å². The molecular weight excluding hydrogens is 333 g/mol. The predicted octanol–water partition coefficient (Wildman–Crippen LogP) is 4.74. The van der Waals surface area contributed by atoms with Gasteiger partial charge >= 0.3 is 0 Å². The van der Waals surface area contributed by atoms with E-state index in [0.717, 1.165) is 46.5 Å². The first-order chi connectivity index (χ1) is 10.1. The summed E-state index contributed by atoms with van der Waals surface area (Å²) in [7, 11) is 0. The molecule has 2 aromatic rings. The maximum Gasteiger partial charge on any atom is 0.162 e. The Balaban J connectivity index is 2.56. The van der Waals surface area contributed by atoms with E-state index in [-0.39, 0.29) is 5.82 Å². The van der Waals surface area contributed by atoms with Crippen molar-refractivity contribution >= 4 is 21.7 Å². The monoisotopic (exact) mass is 351 g/mol. The highest BCUT2D eigenvalue weighted by Crippen LogP contribution is 2.29. The van der Waals surface area contributed by atoms with E-state index in [9.17, 15) is 4.39 Å². The van der Waals surface area contributed by atoms with Gasteiger partial charge in [0.2, 0.25) is 0 Å². The average Bonchev–Trinajstić information content (AvgIpc) is 2.43. The van der Waals surface area contributed by atoms with Gasteiger partial charge in [0.25, 0.3) is 0 Å². The lowest BCUT2D eigenvalue weighted by Crippen LogP contribution is -2.06. The molecule has 0 aliphatic heterocycles. The van der Waals surface area contributed by atoms with Gasteiger partial charge in [-0.15, -0.1) is 0 Å². The van der Waals surface area contributed by atoms with Gasteiger partial charge in [-0.2, -0.15) is 0 Å². The smallest absolute Gasteiger partial charge is 0.162 e. The summed E-state index contributed by atoms with van der Waals surface area (Å²) in [6, 6.07) is 4.69. The van der Waals surface area contributed by atoms with Gasteiger partial charge in [0.05, 0.1) is 10.2 Å². The lowest BCUT2D eigenvalue weighted by atomic mass is 10.1. The molecule has 0 amide bonds. The number of aryl methyl sites for hydroxylation is 2. The quantitative estimate of drug-likeness (QED) is 0.845. The van der Waals surface area contributed by atoms with Crippen LogP contribution in [-0.4, -0.2) is 16.5 Å². The third-order valence-corrected chi connectivity index (χ3v) is 4.01. The molecule has 1 heterocycles. The van der Waals surface area contributed by atoms with Gasteiger partial charge < -0.3 is 5.32 Å². The van der Waals surface area contributed by atoms with E-state index < -0.39 is 0 Å². The van der Waals surface area contributed by atoms with Crippen molar-refractivity contribution in [2.24, 2.45) is 0 Å². The Kier molecular flexibility index (Phi) is 5.28. The summed E-state index contributed by atoms with van der Waals surface area (Å²) in [4.78, 5) is 9.22. The second-order valence-corrected chi connectivity index (χ2v) is 5.69. The highest BCUT2D eigenvalue weighted by molar-refractivity contribution is 9.10. The van der Waals surface area contributed by atoms with Gasteiger partial charge in [-0.05, 0) is 60.0 Å². The fourth-order valence-corrected chi connectivity index (χ4v) is 2.69. The van der Waals surface area contributed by atoms with Crippen molar-refractivity contribution in [1.82, 2.24) is 9.97 Å². The molecule has 112 valence electrons. The molecule has 5 heteroatoms. The zero-order valence-electron chi connectivity index (χ0n) is 12.5. The lowest BCUT2D eigenvalue weighted by molar-refractivity contribution is 0.627. The van der Waals surface area contributed by atoms with E-state index in [2.05, 4.69) is 38.1 Å². The van der Waals surface area contributed by atoms with Crippen molar-refractivity contribution in [1.29, 1.82) is 0 Å². The summed E-state index contributed by atoms with van der Waals surface area (Å²) in [5, 5.41) is 3.24. The number of anilines is 1. The van der Waals surface area contributed by atoms with Crippen LogP contribution in [0.5, 0.6) is 0 Å². The summed E-state index contributed by atoms with van der Waals surface area (Å²) in [5.74, 6) is 1.18. The van der Waals surface area contributed by atoms with Gasteiger partial charge in [0.15, 0.2) is 5.82 Å². The standard InChI is InChI=1S/C16H19BrFN3/c1-4-6-13-14(17)16(19-5-2)21-15(20-13)12-8-7-11(18)9-10(12)3/h7-9H,4-6H2,1-3H3,(H,19,20,21). The van der Waals surface area contributed by atoms with Crippen molar-refractivity contribution < 1.29 is 4.39 Å². The maximum atomic E-state index is 13.3. The van der Waals surface area contributed by atoms with Crippen LogP contribution in [0, 0.1) is 12.7 Å². The molecule has 0 saturated heterocycles. The number of nitrogens with zero attached hydrogens (tertiary/aromatic N) is 2. The van der Waals surface area contributed by atoms with Crippen molar-refractivity contribution in [2.45, 2.75) is 33.6 Å². The first kappa shape index (κ1) is 15.9. The van der Waals surface area contributed by atoms with Crippen LogP contribution in [0.25, 0.3) is 11.4 Å². The summed E-state index contributed by atoms with van der Waals surface area (Å²) in [5.41, 5.74) is 2.67. The Morgan fingerprint density at radius 1 is 1.24 bits per heavy atom. The molecule has 0 saturated carbocycles. The minimum Gasteiger partial charge on any atom is -0.369 e. The summed E-state index contributed by atoms with van der Waals surface area (Å²) >= 11 is 3.57. The summed E-state index contributed by atoms with van der Waals surface area (Å²) in [6.07, 6.45) is 1.87. The first-order valence-corrected chi connectivity index (χ1v) is 7.92. The molecule has 21 heavy (non-hydrogen) atoms. The fraction of sp³-hybridized carbons (Fsp3) is 0.375. The van der Waals surface area contributed by atoms with Gasteiger partial charge in [0.1, 0.15) is 11.6 Å². The third kappa shape index (κ3) is 3.59. The minimum atomic E-state index is -0.242. The van der Waals surface area contributed by atoms with Crippen LogP contribution < -0.4 is 5.32 Å². The van der Waals surface area contributed by atoms with Gasteiger partial charge in [-0.3, -0.25) is 0 Å². The SMILES string of the molecule is CCCc1nc(-c2ccc(F)cc2C)nc(NCC)c1Br. The van der Waals surface area contributed by atoms with Crippen molar-refractivity contribution in [3.8, 4) is 11.4 Å². The Labute approximate surface area is 133 Å². The van der Waals surface area contributed by atoms with Crippen LogP contribution in [0.2, 0.25) is 0 Å².